The van der Waals surface area contributed by atoms with Gasteiger partial charge in [0.1, 0.15) is 13.5 Å². The predicted molar refractivity (Wildman–Crippen MR) is 145 cm³/mol. The Morgan fingerprint density at radius 3 is 2.10 bits per heavy atom. The molecule has 3 unspecified atom stereocenters. The molecule has 1 aliphatic carbocycles. The molecule has 3 aliphatic rings. The lowest BCUT2D eigenvalue weighted by Crippen LogP contribution is -2.64. The number of halogens is 5. The molecule has 2 radical (unpaired) electrons. The molecule has 0 bridgehead atoms. The molecule has 4 rings (SSSR count). The molecule has 1 aromatic heterocycles. The van der Waals surface area contributed by atoms with Crippen LogP contribution in [0.1, 0.15) is 64.0 Å². The average molecular weight is 573 g/mol. The number of hydrogen-bond donors (Lipinski definition) is 4. The Hall–Kier alpha value is -2.38. The fraction of sp³-hybridized carbons (Fsp3) is 0.667. The molecule has 3 fully saturated rings. The lowest BCUT2D eigenvalue weighted by Gasteiger charge is -2.45. The van der Waals surface area contributed by atoms with Gasteiger partial charge in [0.2, 0.25) is 0 Å². The van der Waals surface area contributed by atoms with Crippen LogP contribution in [0.3, 0.4) is 0 Å². The van der Waals surface area contributed by atoms with E-state index in [-0.39, 0.29) is 29.9 Å². The maximum atomic E-state index is 14.6. The number of pyridine rings is 1. The zero-order chi connectivity index (χ0) is 30.3. The number of nitrogens with two attached hydrogens (primary N) is 3. The predicted octanol–water partition coefficient (Wildman–Crippen LogP) is 4.17. The highest BCUT2D eigenvalue weighted by molar-refractivity contribution is 6.14. The fourth-order valence-corrected chi connectivity index (χ4v) is 5.35. The standard InChI is InChI=1S/C14H22BF2NO2.C11H13F3N4.C2H6/c15-14(19,13(16,17)12-4-6-20-7-5-12)18-8-10-2-1-3-11(10)9-18;1-6(10(16)17)4-9(15)7-5-18-3-2-8(7)11(12,13)14;1-2/h10-12,19H,1-9H2;2-5H,15-17H2,1H3;1-2H3/b;9-4-;. The third-order valence-electron chi connectivity index (χ3n) is 7.70. The molecule has 13 heteroatoms. The van der Waals surface area contributed by atoms with Gasteiger partial charge in [-0.1, -0.05) is 20.3 Å². The van der Waals surface area contributed by atoms with Crippen LogP contribution in [-0.2, 0) is 10.9 Å². The van der Waals surface area contributed by atoms with Gasteiger partial charge in [-0.05, 0) is 62.2 Å². The van der Waals surface area contributed by atoms with Crippen LogP contribution >= 0.6 is 0 Å². The van der Waals surface area contributed by atoms with Gasteiger partial charge in [-0.2, -0.15) is 13.2 Å². The van der Waals surface area contributed by atoms with E-state index in [4.69, 9.17) is 29.8 Å². The molecule has 7 N–H and O–H groups in total. The van der Waals surface area contributed by atoms with Crippen molar-refractivity contribution in [2.45, 2.75) is 70.6 Å². The molecule has 3 atom stereocenters. The van der Waals surface area contributed by atoms with Gasteiger partial charge in [0.25, 0.3) is 5.92 Å². The molecule has 0 amide bonds. The first-order chi connectivity index (χ1) is 18.7. The number of fused-ring (bicyclic) bond motifs is 1. The van der Waals surface area contributed by atoms with E-state index < -0.39 is 29.2 Å². The lowest BCUT2D eigenvalue weighted by atomic mass is 9.74. The highest BCUT2D eigenvalue weighted by Crippen LogP contribution is 2.46. The maximum Gasteiger partial charge on any atom is 0.417 e. The summed E-state index contributed by atoms with van der Waals surface area (Å²) in [6, 6.07) is 0.862. The molecule has 0 spiro atoms. The van der Waals surface area contributed by atoms with Gasteiger partial charge in [0.15, 0.2) is 0 Å². The minimum atomic E-state index is -4.50. The third-order valence-corrected chi connectivity index (χ3v) is 7.70. The maximum absolute atomic E-state index is 14.6. The molecule has 0 aromatic carbocycles. The summed E-state index contributed by atoms with van der Waals surface area (Å²) in [5, 5.41) is 10.4. The van der Waals surface area contributed by atoms with Crippen LogP contribution < -0.4 is 17.2 Å². The second-order valence-electron chi connectivity index (χ2n) is 10.2. The number of aliphatic hydroxyl groups is 1. The summed E-state index contributed by atoms with van der Waals surface area (Å²) in [5.74, 6) is -3.34. The van der Waals surface area contributed by atoms with Crippen LogP contribution in [0.25, 0.3) is 5.70 Å². The van der Waals surface area contributed by atoms with Crippen molar-refractivity contribution in [3.05, 3.63) is 47.1 Å². The van der Waals surface area contributed by atoms with E-state index in [1.54, 1.807) is 6.92 Å². The number of likely N-dealkylation sites (tertiary alicyclic amines) is 1. The van der Waals surface area contributed by atoms with E-state index >= 15 is 0 Å². The Morgan fingerprint density at radius 2 is 1.60 bits per heavy atom. The first-order valence-electron chi connectivity index (χ1n) is 13.6. The smallest absolute Gasteiger partial charge is 0.398 e. The average Bonchev–Trinajstić information content (AvgIpc) is 3.53. The van der Waals surface area contributed by atoms with Gasteiger partial charge < -0.3 is 27.0 Å². The minimum Gasteiger partial charge on any atom is -0.398 e. The molecular formula is C27H41BF5N5O2. The highest BCUT2D eigenvalue weighted by atomic mass is 19.4. The molecule has 3 heterocycles. The summed E-state index contributed by atoms with van der Waals surface area (Å²) in [5.41, 5.74) is 12.9. The number of ether oxygens (including phenoxy) is 1. The molecular weight excluding hydrogens is 532 g/mol. The quantitative estimate of drug-likeness (QED) is 0.237. The largest absolute Gasteiger partial charge is 0.417 e. The Morgan fingerprint density at radius 1 is 1.05 bits per heavy atom. The Balaban J connectivity index is 0.000000266. The van der Waals surface area contributed by atoms with Crippen LogP contribution in [-0.4, -0.2) is 60.7 Å². The van der Waals surface area contributed by atoms with Crippen molar-refractivity contribution in [1.29, 1.82) is 0 Å². The Labute approximate surface area is 234 Å². The van der Waals surface area contributed by atoms with Crippen LogP contribution in [0.4, 0.5) is 22.0 Å². The number of rotatable bonds is 5. The highest BCUT2D eigenvalue weighted by Gasteiger charge is 2.58. The number of allylic oxidation sites excluding steroid dienone is 2. The number of hydrogen-bond acceptors (Lipinski definition) is 7. The number of nitrogens with zero attached hydrogens (tertiary/aromatic N) is 2. The van der Waals surface area contributed by atoms with Crippen LogP contribution in [0.15, 0.2) is 35.9 Å². The number of alkyl halides is 5. The van der Waals surface area contributed by atoms with Gasteiger partial charge in [0.05, 0.1) is 11.4 Å². The minimum absolute atomic E-state index is 0.00426. The number of aromatic nitrogens is 1. The third kappa shape index (κ3) is 7.88. The van der Waals surface area contributed by atoms with Crippen molar-refractivity contribution in [2.75, 3.05) is 26.3 Å². The topological polar surface area (TPSA) is 124 Å². The molecule has 2 saturated heterocycles. The zero-order valence-corrected chi connectivity index (χ0v) is 23.4. The van der Waals surface area contributed by atoms with Gasteiger partial charge in [-0.3, -0.25) is 9.88 Å². The van der Waals surface area contributed by atoms with Crippen molar-refractivity contribution in [2.24, 2.45) is 35.0 Å². The summed E-state index contributed by atoms with van der Waals surface area (Å²) in [6.45, 7) is 7.18. The van der Waals surface area contributed by atoms with Crippen molar-refractivity contribution in [1.82, 2.24) is 9.88 Å². The Bertz CT molecular complexity index is 1010. The SMILES string of the molecule is CC.CC(/C=C(\N)c1cnccc1C(F)(F)F)=C(N)N.[B]C(O)(N1CC2CCCC2C1)C(F)(F)C1CCOCC1. The molecule has 2 aliphatic heterocycles. The van der Waals surface area contributed by atoms with Crippen LogP contribution in [0.5, 0.6) is 0 Å². The zero-order valence-electron chi connectivity index (χ0n) is 23.4. The lowest BCUT2D eigenvalue weighted by molar-refractivity contribution is -0.238. The second kappa shape index (κ2) is 14.0. The molecule has 224 valence electrons. The monoisotopic (exact) mass is 573 g/mol. The normalized spacial score (nSPS) is 23.7. The van der Waals surface area contributed by atoms with Crippen LogP contribution in [0, 0.1) is 17.8 Å². The molecule has 1 saturated carbocycles. The first kappa shape index (κ1) is 33.8. The Kier molecular flexibility index (Phi) is 11.8. The van der Waals surface area contributed by atoms with Gasteiger partial charge in [-0.15, -0.1) is 0 Å². The molecule has 40 heavy (non-hydrogen) atoms. The first-order valence-corrected chi connectivity index (χ1v) is 13.6. The molecule has 7 nitrogen and oxygen atoms in total. The summed E-state index contributed by atoms with van der Waals surface area (Å²) in [4.78, 5) is 5.05. The van der Waals surface area contributed by atoms with E-state index in [2.05, 4.69) is 4.98 Å². The van der Waals surface area contributed by atoms with Crippen LogP contribution in [0.2, 0.25) is 0 Å². The van der Waals surface area contributed by atoms with Crippen molar-refractivity contribution in [3.63, 3.8) is 0 Å². The summed E-state index contributed by atoms with van der Waals surface area (Å²) in [7, 11) is 5.72. The second-order valence-corrected chi connectivity index (χ2v) is 10.2. The van der Waals surface area contributed by atoms with E-state index in [1.165, 1.54) is 17.4 Å². The van der Waals surface area contributed by atoms with E-state index in [1.807, 2.05) is 13.8 Å². The van der Waals surface area contributed by atoms with Gasteiger partial charge in [-0.25, -0.2) is 8.78 Å². The van der Waals surface area contributed by atoms with E-state index in [0.717, 1.165) is 31.3 Å². The van der Waals surface area contributed by atoms with Gasteiger partial charge in [0, 0.05) is 55.9 Å². The van der Waals surface area contributed by atoms with E-state index in [9.17, 15) is 27.1 Å². The summed E-state index contributed by atoms with van der Waals surface area (Å²) < 4.78 is 72.6. The van der Waals surface area contributed by atoms with Crippen molar-refractivity contribution < 1.29 is 31.8 Å². The van der Waals surface area contributed by atoms with Crippen molar-refractivity contribution in [3.8, 4) is 0 Å². The van der Waals surface area contributed by atoms with Crippen molar-refractivity contribution >= 4 is 13.5 Å². The molecule has 1 aromatic rings. The summed E-state index contributed by atoms with van der Waals surface area (Å²) in [6.07, 6.45) is 2.71. The van der Waals surface area contributed by atoms with E-state index in [0.29, 0.717) is 43.7 Å². The van der Waals surface area contributed by atoms with Gasteiger partial charge >= 0.3 is 6.18 Å². The summed E-state index contributed by atoms with van der Waals surface area (Å²) >= 11 is 0. The fourth-order valence-electron chi connectivity index (χ4n) is 5.35.